The van der Waals surface area contributed by atoms with Gasteiger partial charge in [-0.05, 0) is 37.9 Å². The Morgan fingerprint density at radius 3 is 2.89 bits per heavy atom. The van der Waals surface area contributed by atoms with Gasteiger partial charge in [0.2, 0.25) is 11.0 Å². The number of hydrogen-bond acceptors (Lipinski definition) is 7. The van der Waals surface area contributed by atoms with Crippen LogP contribution in [-0.4, -0.2) is 26.8 Å². The van der Waals surface area contributed by atoms with E-state index in [2.05, 4.69) is 52.4 Å². The van der Waals surface area contributed by atoms with Gasteiger partial charge in [0.25, 0.3) is 0 Å². The summed E-state index contributed by atoms with van der Waals surface area (Å²) in [7, 11) is 0. The standard InChI is InChI=1S/C9H7Br2N5OS2/c10-4-1-5(11)7(13-2-4)14-6(17)3-18-9-16-15-8(12)19-9/h1-2H,3H2,(H2,12,15)(H,13,14,17). The fourth-order valence-electron chi connectivity index (χ4n) is 1.08. The summed E-state index contributed by atoms with van der Waals surface area (Å²) < 4.78 is 2.20. The Bertz CT molecular complexity index is 606. The molecule has 6 nitrogen and oxygen atoms in total. The molecule has 0 saturated carbocycles. The molecule has 2 rings (SSSR count). The monoisotopic (exact) mass is 423 g/mol. The summed E-state index contributed by atoms with van der Waals surface area (Å²) in [6, 6.07) is 1.81. The largest absolute Gasteiger partial charge is 0.374 e. The molecule has 2 heterocycles. The van der Waals surface area contributed by atoms with Gasteiger partial charge >= 0.3 is 0 Å². The molecule has 0 bridgehead atoms. The topological polar surface area (TPSA) is 93.8 Å². The highest BCUT2D eigenvalue weighted by molar-refractivity contribution is 9.11. The fourth-order valence-corrected chi connectivity index (χ4v) is 3.60. The van der Waals surface area contributed by atoms with Crippen molar-refractivity contribution in [1.82, 2.24) is 15.2 Å². The van der Waals surface area contributed by atoms with Crippen molar-refractivity contribution in [2.45, 2.75) is 4.34 Å². The Morgan fingerprint density at radius 2 is 2.26 bits per heavy atom. The number of nitrogen functional groups attached to an aromatic ring is 1. The highest BCUT2D eigenvalue weighted by Gasteiger charge is 2.10. The number of pyridine rings is 1. The van der Waals surface area contributed by atoms with Crippen LogP contribution in [0, 0.1) is 0 Å². The summed E-state index contributed by atoms with van der Waals surface area (Å²) in [6.07, 6.45) is 1.61. The predicted octanol–water partition coefficient (Wildman–Crippen LogP) is 2.77. The molecule has 10 heteroatoms. The smallest absolute Gasteiger partial charge is 0.236 e. The third kappa shape index (κ3) is 4.41. The lowest BCUT2D eigenvalue weighted by Crippen LogP contribution is -2.15. The van der Waals surface area contributed by atoms with Crippen LogP contribution >= 0.6 is 55.0 Å². The maximum absolute atomic E-state index is 11.8. The minimum atomic E-state index is -0.172. The quantitative estimate of drug-likeness (QED) is 0.732. The Balaban J connectivity index is 1.90. The fraction of sp³-hybridized carbons (Fsp3) is 0.111. The first-order valence-corrected chi connectivity index (χ1v) is 8.26. The van der Waals surface area contributed by atoms with E-state index in [0.717, 1.165) is 4.47 Å². The van der Waals surface area contributed by atoms with Crippen LogP contribution in [0.4, 0.5) is 10.9 Å². The molecule has 2 aromatic heterocycles. The molecule has 0 aliphatic heterocycles. The van der Waals surface area contributed by atoms with Gasteiger partial charge in [-0.25, -0.2) is 4.98 Å². The SMILES string of the molecule is Nc1nnc(SCC(=O)Nc2ncc(Br)cc2Br)s1. The van der Waals surface area contributed by atoms with Crippen LogP contribution in [0.1, 0.15) is 0 Å². The number of aromatic nitrogens is 3. The van der Waals surface area contributed by atoms with E-state index in [0.29, 0.717) is 19.8 Å². The molecule has 0 saturated heterocycles. The van der Waals surface area contributed by atoms with Gasteiger partial charge in [0, 0.05) is 10.7 Å². The van der Waals surface area contributed by atoms with E-state index in [-0.39, 0.29) is 11.7 Å². The van der Waals surface area contributed by atoms with Crippen LogP contribution in [0.2, 0.25) is 0 Å². The van der Waals surface area contributed by atoms with Gasteiger partial charge in [0.15, 0.2) is 4.34 Å². The molecule has 0 spiro atoms. The zero-order valence-electron chi connectivity index (χ0n) is 9.26. The van der Waals surface area contributed by atoms with Crippen molar-refractivity contribution in [3.63, 3.8) is 0 Å². The van der Waals surface area contributed by atoms with E-state index in [9.17, 15) is 4.79 Å². The van der Waals surface area contributed by atoms with E-state index < -0.39 is 0 Å². The molecule has 19 heavy (non-hydrogen) atoms. The summed E-state index contributed by atoms with van der Waals surface area (Å²) in [5.41, 5.74) is 5.45. The minimum absolute atomic E-state index is 0.172. The minimum Gasteiger partial charge on any atom is -0.374 e. The summed E-state index contributed by atoms with van der Waals surface area (Å²) in [5.74, 6) is 0.526. The number of carbonyl (C=O) groups is 1. The van der Waals surface area contributed by atoms with Crippen molar-refractivity contribution in [3.05, 3.63) is 21.2 Å². The lowest BCUT2D eigenvalue weighted by molar-refractivity contribution is -0.113. The number of nitrogens with zero attached hydrogens (tertiary/aromatic N) is 3. The predicted molar refractivity (Wildman–Crippen MR) is 83.3 cm³/mol. The number of amides is 1. The zero-order chi connectivity index (χ0) is 13.8. The van der Waals surface area contributed by atoms with Crippen molar-refractivity contribution in [3.8, 4) is 0 Å². The first kappa shape index (κ1) is 14.7. The van der Waals surface area contributed by atoms with Gasteiger partial charge in [-0.2, -0.15) is 0 Å². The van der Waals surface area contributed by atoms with Gasteiger partial charge < -0.3 is 11.1 Å². The second-order valence-electron chi connectivity index (χ2n) is 3.23. The highest BCUT2D eigenvalue weighted by atomic mass is 79.9. The summed E-state index contributed by atoms with van der Waals surface area (Å²) in [6.45, 7) is 0. The normalized spacial score (nSPS) is 10.4. The number of rotatable bonds is 4. The molecule has 3 N–H and O–H groups in total. The van der Waals surface area contributed by atoms with E-state index in [4.69, 9.17) is 5.73 Å². The molecule has 0 unspecified atom stereocenters. The van der Waals surface area contributed by atoms with Gasteiger partial charge in [0.05, 0.1) is 10.2 Å². The first-order chi connectivity index (χ1) is 9.04. The molecule has 0 aromatic carbocycles. The van der Waals surface area contributed by atoms with E-state index in [1.54, 1.807) is 12.3 Å². The average molecular weight is 425 g/mol. The molecule has 0 fully saturated rings. The third-order valence-corrected chi connectivity index (χ3v) is 4.74. The second-order valence-corrected chi connectivity index (χ2v) is 7.23. The van der Waals surface area contributed by atoms with Gasteiger partial charge in [-0.1, -0.05) is 23.1 Å². The Labute approximate surface area is 133 Å². The number of anilines is 2. The summed E-state index contributed by atoms with van der Waals surface area (Å²) in [5, 5.41) is 10.6. The second kappa shape index (κ2) is 6.64. The molecule has 0 aliphatic rings. The first-order valence-electron chi connectivity index (χ1n) is 4.87. The number of hydrogen-bond donors (Lipinski definition) is 2. The summed E-state index contributed by atoms with van der Waals surface area (Å²) >= 11 is 9.14. The van der Waals surface area contributed by atoms with Gasteiger partial charge in [-0.3, -0.25) is 4.79 Å². The molecule has 0 radical (unpaired) electrons. The van der Waals surface area contributed by atoms with E-state index >= 15 is 0 Å². The number of nitrogens with two attached hydrogens (primary N) is 1. The maximum Gasteiger partial charge on any atom is 0.236 e. The van der Waals surface area contributed by atoms with Gasteiger partial charge in [-0.15, -0.1) is 10.2 Å². The number of nitrogens with one attached hydrogen (secondary N) is 1. The Kier molecular flexibility index (Phi) is 5.13. The maximum atomic E-state index is 11.8. The zero-order valence-corrected chi connectivity index (χ0v) is 14.1. The van der Waals surface area contributed by atoms with E-state index in [1.807, 2.05) is 0 Å². The van der Waals surface area contributed by atoms with Crippen molar-refractivity contribution in [2.24, 2.45) is 0 Å². The molecule has 1 amide bonds. The van der Waals surface area contributed by atoms with E-state index in [1.165, 1.54) is 23.1 Å². The lowest BCUT2D eigenvalue weighted by atomic mass is 10.4. The number of carbonyl (C=O) groups excluding carboxylic acids is 1. The van der Waals surface area contributed by atoms with Crippen molar-refractivity contribution >= 4 is 71.8 Å². The average Bonchev–Trinajstić information content (AvgIpc) is 2.76. The number of halogens is 2. The van der Waals surface area contributed by atoms with Crippen molar-refractivity contribution < 1.29 is 4.79 Å². The van der Waals surface area contributed by atoms with Crippen LogP contribution in [0.25, 0.3) is 0 Å². The van der Waals surface area contributed by atoms with Crippen LogP contribution in [0.5, 0.6) is 0 Å². The van der Waals surface area contributed by atoms with Crippen LogP contribution in [0.15, 0.2) is 25.5 Å². The molecular weight excluding hydrogens is 418 g/mol. The summed E-state index contributed by atoms with van der Waals surface area (Å²) in [4.78, 5) is 15.8. The Hall–Kier alpha value is -0.710. The van der Waals surface area contributed by atoms with Crippen LogP contribution in [0.3, 0.4) is 0 Å². The molecule has 2 aromatic rings. The Morgan fingerprint density at radius 1 is 1.47 bits per heavy atom. The number of thioether (sulfide) groups is 1. The third-order valence-electron chi connectivity index (χ3n) is 1.81. The van der Waals surface area contributed by atoms with Crippen molar-refractivity contribution in [1.29, 1.82) is 0 Å². The molecule has 0 atom stereocenters. The van der Waals surface area contributed by atoms with Gasteiger partial charge in [0.1, 0.15) is 5.82 Å². The lowest BCUT2D eigenvalue weighted by Gasteiger charge is -2.05. The highest BCUT2D eigenvalue weighted by Crippen LogP contribution is 2.25. The van der Waals surface area contributed by atoms with Crippen molar-refractivity contribution in [2.75, 3.05) is 16.8 Å². The molecule has 100 valence electrons. The molecule has 0 aliphatic carbocycles. The van der Waals surface area contributed by atoms with Crippen LogP contribution < -0.4 is 11.1 Å². The van der Waals surface area contributed by atoms with Crippen LogP contribution in [-0.2, 0) is 4.79 Å². The molecular formula is C9H7Br2N5OS2.